The van der Waals surface area contributed by atoms with Gasteiger partial charge < -0.3 is 10.4 Å². The standard InChI is InChI=1S/C10H21NO2S/c1-14-9-5-4-8-11-7-3-2-6-10(12)13/h11H,2-9H2,1H3,(H,12,13). The zero-order chi connectivity index (χ0) is 10.6. The van der Waals surface area contributed by atoms with Crippen molar-refractivity contribution in [3.05, 3.63) is 0 Å². The monoisotopic (exact) mass is 219 g/mol. The Morgan fingerprint density at radius 2 is 1.86 bits per heavy atom. The van der Waals surface area contributed by atoms with Gasteiger partial charge in [-0.25, -0.2) is 0 Å². The van der Waals surface area contributed by atoms with Gasteiger partial charge in [0, 0.05) is 6.42 Å². The first-order valence-corrected chi connectivity index (χ1v) is 6.58. The zero-order valence-corrected chi connectivity index (χ0v) is 9.74. The molecule has 4 heteroatoms. The van der Waals surface area contributed by atoms with Crippen molar-refractivity contribution in [2.45, 2.75) is 32.1 Å². The van der Waals surface area contributed by atoms with Gasteiger partial charge in [0.05, 0.1) is 0 Å². The molecule has 0 unspecified atom stereocenters. The molecule has 0 aromatic heterocycles. The van der Waals surface area contributed by atoms with Crippen LogP contribution in [-0.2, 0) is 4.79 Å². The Hall–Kier alpha value is -0.220. The molecule has 0 aromatic rings. The van der Waals surface area contributed by atoms with Crippen molar-refractivity contribution in [2.24, 2.45) is 0 Å². The number of hydrogen-bond acceptors (Lipinski definition) is 3. The SMILES string of the molecule is CSCCCCNCCCCC(=O)O. The van der Waals surface area contributed by atoms with Crippen LogP contribution in [0.5, 0.6) is 0 Å². The molecule has 2 N–H and O–H groups in total. The summed E-state index contributed by atoms with van der Waals surface area (Å²) in [6, 6.07) is 0. The lowest BCUT2D eigenvalue weighted by Gasteiger charge is -2.03. The maximum atomic E-state index is 10.2. The van der Waals surface area contributed by atoms with Gasteiger partial charge in [0.25, 0.3) is 0 Å². The van der Waals surface area contributed by atoms with Gasteiger partial charge in [0.1, 0.15) is 0 Å². The molecule has 0 aliphatic carbocycles. The van der Waals surface area contributed by atoms with Crippen LogP contribution in [0.15, 0.2) is 0 Å². The normalized spacial score (nSPS) is 10.4. The van der Waals surface area contributed by atoms with Crippen molar-refractivity contribution in [1.82, 2.24) is 5.32 Å². The highest BCUT2D eigenvalue weighted by Crippen LogP contribution is 1.98. The third-order valence-corrected chi connectivity index (χ3v) is 2.64. The van der Waals surface area contributed by atoms with E-state index < -0.39 is 5.97 Å². The first-order chi connectivity index (χ1) is 6.77. The first-order valence-electron chi connectivity index (χ1n) is 5.19. The van der Waals surface area contributed by atoms with Crippen molar-refractivity contribution in [3.8, 4) is 0 Å². The van der Waals surface area contributed by atoms with E-state index in [1.807, 2.05) is 11.8 Å². The highest BCUT2D eigenvalue weighted by Gasteiger charge is 1.95. The van der Waals surface area contributed by atoms with Gasteiger partial charge in [-0.3, -0.25) is 4.79 Å². The van der Waals surface area contributed by atoms with Crippen molar-refractivity contribution in [2.75, 3.05) is 25.1 Å². The Balaban J connectivity index is 2.88. The van der Waals surface area contributed by atoms with E-state index in [0.717, 1.165) is 25.9 Å². The molecular weight excluding hydrogens is 198 g/mol. The van der Waals surface area contributed by atoms with E-state index >= 15 is 0 Å². The number of aliphatic carboxylic acids is 1. The molecule has 84 valence electrons. The van der Waals surface area contributed by atoms with E-state index in [0.29, 0.717) is 6.42 Å². The highest BCUT2D eigenvalue weighted by atomic mass is 32.2. The Labute approximate surface area is 90.7 Å². The summed E-state index contributed by atoms with van der Waals surface area (Å²) in [7, 11) is 0. The summed E-state index contributed by atoms with van der Waals surface area (Å²) >= 11 is 1.88. The summed E-state index contributed by atoms with van der Waals surface area (Å²) in [4.78, 5) is 10.2. The number of hydrogen-bond donors (Lipinski definition) is 2. The fourth-order valence-corrected chi connectivity index (χ4v) is 1.64. The number of unbranched alkanes of at least 4 members (excludes halogenated alkanes) is 2. The van der Waals surface area contributed by atoms with Gasteiger partial charge in [0.2, 0.25) is 0 Å². The minimum Gasteiger partial charge on any atom is -0.481 e. The fourth-order valence-electron chi connectivity index (χ4n) is 1.15. The largest absolute Gasteiger partial charge is 0.481 e. The first kappa shape index (κ1) is 13.8. The van der Waals surface area contributed by atoms with Crippen molar-refractivity contribution in [3.63, 3.8) is 0 Å². The number of thioether (sulfide) groups is 1. The number of nitrogens with one attached hydrogen (secondary N) is 1. The molecule has 0 bridgehead atoms. The number of rotatable bonds is 10. The van der Waals surface area contributed by atoms with Crippen LogP contribution in [0.4, 0.5) is 0 Å². The lowest BCUT2D eigenvalue weighted by Crippen LogP contribution is -2.17. The molecule has 0 rings (SSSR count). The predicted molar refractivity (Wildman–Crippen MR) is 62.0 cm³/mol. The average molecular weight is 219 g/mol. The molecule has 0 fully saturated rings. The minimum absolute atomic E-state index is 0.300. The average Bonchev–Trinajstić information content (AvgIpc) is 2.15. The van der Waals surface area contributed by atoms with E-state index in [2.05, 4.69) is 11.6 Å². The summed E-state index contributed by atoms with van der Waals surface area (Å²) in [5.74, 6) is 0.547. The predicted octanol–water partition coefficient (Wildman–Crippen LogP) is 1.97. The molecule has 0 amide bonds. The Kier molecular flexibility index (Phi) is 10.7. The fraction of sp³-hybridized carbons (Fsp3) is 0.900. The van der Waals surface area contributed by atoms with Crippen LogP contribution in [0, 0.1) is 0 Å². The summed E-state index contributed by atoms with van der Waals surface area (Å²) in [5, 5.41) is 11.7. The van der Waals surface area contributed by atoms with Gasteiger partial charge in [-0.1, -0.05) is 0 Å². The lowest BCUT2D eigenvalue weighted by atomic mass is 10.2. The van der Waals surface area contributed by atoms with Gasteiger partial charge in [-0.2, -0.15) is 11.8 Å². The molecule has 0 heterocycles. The van der Waals surface area contributed by atoms with E-state index in [1.165, 1.54) is 18.6 Å². The second-order valence-corrected chi connectivity index (χ2v) is 4.29. The van der Waals surface area contributed by atoms with E-state index in [9.17, 15) is 4.79 Å². The Bertz CT molecular complexity index is 142. The molecule has 0 aromatic carbocycles. The summed E-state index contributed by atoms with van der Waals surface area (Å²) < 4.78 is 0. The summed E-state index contributed by atoms with van der Waals surface area (Å²) in [5.41, 5.74) is 0. The van der Waals surface area contributed by atoms with Gasteiger partial charge in [-0.05, 0) is 50.8 Å². The maximum absolute atomic E-state index is 10.2. The van der Waals surface area contributed by atoms with Crippen molar-refractivity contribution >= 4 is 17.7 Å². The summed E-state index contributed by atoms with van der Waals surface area (Å²) in [6.45, 7) is 2.01. The number of carboxylic acid groups (broad SMARTS) is 1. The van der Waals surface area contributed by atoms with Crippen LogP contribution in [-0.4, -0.2) is 36.2 Å². The molecule has 0 aliphatic heterocycles. The number of carbonyl (C=O) groups is 1. The van der Waals surface area contributed by atoms with E-state index in [4.69, 9.17) is 5.11 Å². The Morgan fingerprint density at radius 3 is 2.43 bits per heavy atom. The molecule has 0 saturated carbocycles. The molecule has 14 heavy (non-hydrogen) atoms. The molecule has 0 saturated heterocycles. The van der Waals surface area contributed by atoms with E-state index in [1.54, 1.807) is 0 Å². The highest BCUT2D eigenvalue weighted by molar-refractivity contribution is 7.98. The minimum atomic E-state index is -0.690. The third kappa shape index (κ3) is 11.8. The molecule has 0 radical (unpaired) electrons. The lowest BCUT2D eigenvalue weighted by molar-refractivity contribution is -0.137. The van der Waals surface area contributed by atoms with Crippen LogP contribution in [0.1, 0.15) is 32.1 Å². The summed E-state index contributed by atoms with van der Waals surface area (Å²) in [6.07, 6.45) is 6.67. The molecular formula is C10H21NO2S. The van der Waals surface area contributed by atoms with E-state index in [-0.39, 0.29) is 0 Å². The van der Waals surface area contributed by atoms with Crippen molar-refractivity contribution in [1.29, 1.82) is 0 Å². The molecule has 0 aliphatic rings. The number of carboxylic acids is 1. The van der Waals surface area contributed by atoms with Crippen LogP contribution < -0.4 is 5.32 Å². The van der Waals surface area contributed by atoms with Gasteiger partial charge in [0.15, 0.2) is 0 Å². The van der Waals surface area contributed by atoms with Crippen LogP contribution in [0.25, 0.3) is 0 Å². The topological polar surface area (TPSA) is 49.3 Å². The maximum Gasteiger partial charge on any atom is 0.303 e. The molecule has 3 nitrogen and oxygen atoms in total. The van der Waals surface area contributed by atoms with Gasteiger partial charge in [-0.15, -0.1) is 0 Å². The Morgan fingerprint density at radius 1 is 1.21 bits per heavy atom. The van der Waals surface area contributed by atoms with Crippen LogP contribution in [0.2, 0.25) is 0 Å². The third-order valence-electron chi connectivity index (χ3n) is 1.95. The smallest absolute Gasteiger partial charge is 0.303 e. The molecule has 0 atom stereocenters. The zero-order valence-electron chi connectivity index (χ0n) is 8.92. The molecule has 0 spiro atoms. The van der Waals surface area contributed by atoms with Gasteiger partial charge >= 0.3 is 5.97 Å². The van der Waals surface area contributed by atoms with Crippen molar-refractivity contribution < 1.29 is 9.90 Å². The quantitative estimate of drug-likeness (QED) is 0.552. The van der Waals surface area contributed by atoms with Crippen LogP contribution in [0.3, 0.4) is 0 Å². The second kappa shape index (κ2) is 10.9. The van der Waals surface area contributed by atoms with Crippen LogP contribution >= 0.6 is 11.8 Å². The second-order valence-electron chi connectivity index (χ2n) is 3.30.